The molecule has 0 atom stereocenters. The second-order valence-corrected chi connectivity index (χ2v) is 5.16. The fourth-order valence-electron chi connectivity index (χ4n) is 1.52. The second kappa shape index (κ2) is 7.58. The summed E-state index contributed by atoms with van der Waals surface area (Å²) >= 11 is 1.83. The van der Waals surface area contributed by atoms with E-state index in [2.05, 4.69) is 13.0 Å². The smallest absolute Gasteiger partial charge is 0.0452 e. The summed E-state index contributed by atoms with van der Waals surface area (Å²) in [6.45, 7) is 2.41. The fourth-order valence-corrected chi connectivity index (χ4v) is 2.59. The molecule has 0 saturated carbocycles. The lowest BCUT2D eigenvalue weighted by atomic mass is 10.2. The topological polar surface area (TPSA) is 46.2 Å². The highest BCUT2D eigenvalue weighted by molar-refractivity contribution is 7.99. The lowest BCUT2D eigenvalue weighted by molar-refractivity contribution is 0.283. The molecule has 3 N–H and O–H groups in total. The number of hydrogen-bond donors (Lipinski definition) is 2. The SMILES string of the molecule is Cc1ccc(N)c(SCCCCCCO)c1. The van der Waals surface area contributed by atoms with Gasteiger partial charge in [-0.1, -0.05) is 18.9 Å². The van der Waals surface area contributed by atoms with Gasteiger partial charge in [-0.3, -0.25) is 0 Å². The summed E-state index contributed by atoms with van der Waals surface area (Å²) < 4.78 is 0. The number of unbranched alkanes of at least 4 members (excludes halogenated alkanes) is 3. The second-order valence-electron chi connectivity index (χ2n) is 4.03. The molecule has 16 heavy (non-hydrogen) atoms. The Labute approximate surface area is 102 Å². The van der Waals surface area contributed by atoms with Gasteiger partial charge in [0.1, 0.15) is 0 Å². The first-order valence-corrected chi connectivity index (χ1v) is 6.82. The molecule has 1 rings (SSSR count). The molecule has 0 aromatic heterocycles. The molecule has 90 valence electrons. The van der Waals surface area contributed by atoms with Crippen LogP contribution >= 0.6 is 11.8 Å². The van der Waals surface area contributed by atoms with E-state index in [1.165, 1.54) is 23.3 Å². The van der Waals surface area contributed by atoms with Crippen molar-refractivity contribution in [3.05, 3.63) is 23.8 Å². The van der Waals surface area contributed by atoms with E-state index >= 15 is 0 Å². The van der Waals surface area contributed by atoms with Gasteiger partial charge in [-0.05, 0) is 43.2 Å². The summed E-state index contributed by atoms with van der Waals surface area (Å²) in [6, 6.07) is 6.16. The molecule has 0 heterocycles. The third kappa shape index (κ3) is 4.90. The van der Waals surface area contributed by atoms with Crippen LogP contribution in [0.1, 0.15) is 31.2 Å². The Morgan fingerprint density at radius 2 is 1.94 bits per heavy atom. The monoisotopic (exact) mass is 239 g/mol. The van der Waals surface area contributed by atoms with Crippen LogP contribution in [-0.4, -0.2) is 17.5 Å². The lowest BCUT2D eigenvalue weighted by Gasteiger charge is -2.06. The van der Waals surface area contributed by atoms with E-state index in [0.717, 1.165) is 24.3 Å². The van der Waals surface area contributed by atoms with Crippen molar-refractivity contribution in [1.29, 1.82) is 0 Å². The number of aliphatic hydroxyl groups is 1. The average molecular weight is 239 g/mol. The number of benzene rings is 1. The van der Waals surface area contributed by atoms with E-state index in [-0.39, 0.29) is 0 Å². The van der Waals surface area contributed by atoms with Crippen LogP contribution in [-0.2, 0) is 0 Å². The number of nitrogens with two attached hydrogens (primary N) is 1. The number of aryl methyl sites for hydroxylation is 1. The van der Waals surface area contributed by atoms with Gasteiger partial charge < -0.3 is 10.8 Å². The van der Waals surface area contributed by atoms with Gasteiger partial charge in [0.15, 0.2) is 0 Å². The van der Waals surface area contributed by atoms with E-state index in [9.17, 15) is 0 Å². The van der Waals surface area contributed by atoms with Crippen molar-refractivity contribution in [1.82, 2.24) is 0 Å². The molecule has 0 radical (unpaired) electrons. The maximum atomic E-state index is 8.65. The van der Waals surface area contributed by atoms with Gasteiger partial charge in [0, 0.05) is 17.2 Å². The van der Waals surface area contributed by atoms with E-state index in [4.69, 9.17) is 10.8 Å². The van der Waals surface area contributed by atoms with Gasteiger partial charge in [-0.2, -0.15) is 0 Å². The van der Waals surface area contributed by atoms with Crippen molar-refractivity contribution in [3.63, 3.8) is 0 Å². The third-order valence-corrected chi connectivity index (χ3v) is 3.64. The van der Waals surface area contributed by atoms with Crippen LogP contribution in [0.15, 0.2) is 23.1 Å². The number of aliphatic hydroxyl groups excluding tert-OH is 1. The molecule has 0 saturated heterocycles. The molecule has 1 aromatic rings. The largest absolute Gasteiger partial charge is 0.398 e. The van der Waals surface area contributed by atoms with Gasteiger partial charge >= 0.3 is 0 Å². The van der Waals surface area contributed by atoms with Gasteiger partial charge in [0.2, 0.25) is 0 Å². The van der Waals surface area contributed by atoms with E-state index < -0.39 is 0 Å². The molecule has 0 unspecified atom stereocenters. The van der Waals surface area contributed by atoms with Crippen LogP contribution < -0.4 is 5.73 Å². The zero-order valence-corrected chi connectivity index (χ0v) is 10.7. The molecule has 0 aliphatic rings. The molecule has 0 spiro atoms. The van der Waals surface area contributed by atoms with E-state index in [1.54, 1.807) is 0 Å². The Balaban J connectivity index is 2.23. The zero-order chi connectivity index (χ0) is 11.8. The minimum Gasteiger partial charge on any atom is -0.398 e. The molecule has 1 aromatic carbocycles. The van der Waals surface area contributed by atoms with E-state index in [1.807, 2.05) is 23.9 Å². The van der Waals surface area contributed by atoms with Crippen LogP contribution in [0.5, 0.6) is 0 Å². The normalized spacial score (nSPS) is 10.6. The van der Waals surface area contributed by atoms with Crippen molar-refractivity contribution >= 4 is 17.4 Å². The predicted molar refractivity (Wildman–Crippen MR) is 71.9 cm³/mol. The molecule has 0 bridgehead atoms. The number of rotatable bonds is 7. The van der Waals surface area contributed by atoms with Crippen LogP contribution in [0, 0.1) is 6.92 Å². The summed E-state index contributed by atoms with van der Waals surface area (Å²) in [5, 5.41) is 8.65. The predicted octanol–water partition coefficient (Wildman–Crippen LogP) is 3.22. The van der Waals surface area contributed by atoms with Crippen LogP contribution in [0.2, 0.25) is 0 Å². The quantitative estimate of drug-likeness (QED) is 0.436. The first-order valence-electron chi connectivity index (χ1n) is 5.84. The number of thioether (sulfide) groups is 1. The molecular formula is C13H21NOS. The standard InChI is InChI=1S/C13H21NOS/c1-11-6-7-12(14)13(10-11)16-9-5-3-2-4-8-15/h6-7,10,15H,2-5,8-9,14H2,1H3. The maximum Gasteiger partial charge on any atom is 0.0452 e. The minimum absolute atomic E-state index is 0.317. The first-order chi connectivity index (χ1) is 7.74. The van der Waals surface area contributed by atoms with Crippen molar-refractivity contribution in [2.75, 3.05) is 18.1 Å². The summed E-state index contributed by atoms with van der Waals surface area (Å²) in [5.74, 6) is 1.11. The van der Waals surface area contributed by atoms with Crippen molar-refractivity contribution in [3.8, 4) is 0 Å². The fraction of sp³-hybridized carbons (Fsp3) is 0.538. The van der Waals surface area contributed by atoms with Crippen molar-refractivity contribution in [2.45, 2.75) is 37.5 Å². The highest BCUT2D eigenvalue weighted by Gasteiger charge is 2.00. The Hall–Kier alpha value is -0.670. The number of anilines is 1. The molecule has 3 heteroatoms. The van der Waals surface area contributed by atoms with E-state index in [0.29, 0.717) is 6.61 Å². The molecule has 2 nitrogen and oxygen atoms in total. The lowest BCUT2D eigenvalue weighted by Crippen LogP contribution is -1.90. The Bertz CT molecular complexity index is 315. The number of hydrogen-bond acceptors (Lipinski definition) is 3. The average Bonchev–Trinajstić information content (AvgIpc) is 2.28. The molecule has 0 fully saturated rings. The van der Waals surface area contributed by atoms with Crippen LogP contribution in [0.4, 0.5) is 5.69 Å². The summed E-state index contributed by atoms with van der Waals surface area (Å²) in [6.07, 6.45) is 4.44. The van der Waals surface area contributed by atoms with Gasteiger partial charge in [0.05, 0.1) is 0 Å². The van der Waals surface area contributed by atoms with Gasteiger partial charge in [-0.15, -0.1) is 11.8 Å². The third-order valence-electron chi connectivity index (χ3n) is 2.48. The minimum atomic E-state index is 0.317. The summed E-state index contributed by atoms with van der Waals surface area (Å²) in [7, 11) is 0. The van der Waals surface area contributed by atoms with Crippen molar-refractivity contribution < 1.29 is 5.11 Å². The molecule has 0 amide bonds. The molecular weight excluding hydrogens is 218 g/mol. The van der Waals surface area contributed by atoms with Crippen molar-refractivity contribution in [2.24, 2.45) is 0 Å². The molecule has 0 aliphatic heterocycles. The Morgan fingerprint density at radius 1 is 1.19 bits per heavy atom. The highest BCUT2D eigenvalue weighted by Crippen LogP contribution is 2.26. The Kier molecular flexibility index (Phi) is 6.34. The molecule has 0 aliphatic carbocycles. The first kappa shape index (κ1) is 13.4. The maximum absolute atomic E-state index is 8.65. The van der Waals surface area contributed by atoms with Crippen LogP contribution in [0.25, 0.3) is 0 Å². The van der Waals surface area contributed by atoms with Gasteiger partial charge in [0.25, 0.3) is 0 Å². The van der Waals surface area contributed by atoms with Gasteiger partial charge in [-0.25, -0.2) is 0 Å². The zero-order valence-electron chi connectivity index (χ0n) is 9.91. The Morgan fingerprint density at radius 3 is 2.69 bits per heavy atom. The highest BCUT2D eigenvalue weighted by atomic mass is 32.2. The number of nitrogen functional groups attached to an aromatic ring is 1. The summed E-state index contributed by atoms with van der Waals surface area (Å²) in [5.41, 5.74) is 8.04. The van der Waals surface area contributed by atoms with Crippen LogP contribution in [0.3, 0.4) is 0 Å². The summed E-state index contributed by atoms with van der Waals surface area (Å²) in [4.78, 5) is 1.20.